The molecule has 0 aromatic heterocycles. The first-order valence-electron chi connectivity index (χ1n) is 21.3. The van der Waals surface area contributed by atoms with Gasteiger partial charge >= 0.3 is 13.8 Å². The summed E-state index contributed by atoms with van der Waals surface area (Å²) < 4.78 is 26.9. The van der Waals surface area contributed by atoms with Gasteiger partial charge in [-0.25, -0.2) is 4.57 Å². The number of phosphoric ester groups is 1. The van der Waals surface area contributed by atoms with E-state index in [0.29, 0.717) is 13.0 Å². The van der Waals surface area contributed by atoms with E-state index in [2.05, 4.69) is 79.1 Å². The molecule has 0 aliphatic heterocycles. The zero-order valence-electron chi connectivity index (χ0n) is 33.9. The van der Waals surface area contributed by atoms with Crippen molar-refractivity contribution in [3.05, 3.63) is 72.9 Å². The monoisotopic (exact) mass is 763 g/mol. The van der Waals surface area contributed by atoms with Crippen LogP contribution in [0.5, 0.6) is 0 Å². The topological polar surface area (TPSA) is 102 Å². The van der Waals surface area contributed by atoms with Crippen LogP contribution >= 0.6 is 7.82 Å². The summed E-state index contributed by atoms with van der Waals surface area (Å²) in [5.41, 5.74) is 0. The van der Waals surface area contributed by atoms with Gasteiger partial charge in [0.2, 0.25) is 0 Å². The highest BCUT2D eigenvalue weighted by Crippen LogP contribution is 2.35. The molecule has 1 atom stereocenters. The predicted molar refractivity (Wildman–Crippen MR) is 225 cm³/mol. The van der Waals surface area contributed by atoms with Crippen molar-refractivity contribution in [3.8, 4) is 0 Å². The van der Waals surface area contributed by atoms with E-state index in [1.165, 1.54) is 103 Å². The lowest BCUT2D eigenvalue weighted by atomic mass is 10.0. The maximum Gasteiger partial charge on any atom is 0.469 e. The van der Waals surface area contributed by atoms with Gasteiger partial charge in [-0.05, 0) is 51.4 Å². The number of hydrogen-bond acceptors (Lipinski definition) is 5. The van der Waals surface area contributed by atoms with E-state index in [-0.39, 0.29) is 13.0 Å². The van der Waals surface area contributed by atoms with Gasteiger partial charge in [0, 0.05) is 13.0 Å². The first-order valence-corrected chi connectivity index (χ1v) is 22.8. The number of phosphoric acid groups is 1. The number of allylic oxidation sites excluding steroid dienone is 12. The van der Waals surface area contributed by atoms with E-state index >= 15 is 0 Å². The molecule has 2 N–H and O–H groups in total. The highest BCUT2D eigenvalue weighted by molar-refractivity contribution is 7.46. The Kier molecular flexibility index (Phi) is 39.6. The Balaban J connectivity index is 3.92. The van der Waals surface area contributed by atoms with Crippen LogP contribution < -0.4 is 0 Å². The predicted octanol–water partition coefficient (Wildman–Crippen LogP) is 13.5. The molecule has 0 unspecified atom stereocenters. The zero-order valence-corrected chi connectivity index (χ0v) is 34.8. The molecule has 0 heterocycles. The molecule has 0 fully saturated rings. The Morgan fingerprint density at radius 1 is 0.528 bits per heavy atom. The number of rotatable bonds is 39. The fourth-order valence-electron chi connectivity index (χ4n) is 5.70. The number of esters is 1. The van der Waals surface area contributed by atoms with Crippen LogP contribution in [-0.4, -0.2) is 41.7 Å². The van der Waals surface area contributed by atoms with Crippen molar-refractivity contribution in [2.75, 3.05) is 19.8 Å². The van der Waals surface area contributed by atoms with Gasteiger partial charge in [-0.15, -0.1) is 0 Å². The summed E-state index contributed by atoms with van der Waals surface area (Å²) in [7, 11) is -4.68. The zero-order chi connectivity index (χ0) is 38.8. The number of hydrogen-bond donors (Lipinski definition) is 2. The molecule has 7 nitrogen and oxygen atoms in total. The summed E-state index contributed by atoms with van der Waals surface area (Å²) in [4.78, 5) is 30.6. The van der Waals surface area contributed by atoms with E-state index in [4.69, 9.17) is 19.3 Å². The molecule has 0 saturated heterocycles. The maximum absolute atomic E-state index is 12.4. The summed E-state index contributed by atoms with van der Waals surface area (Å²) in [6.07, 6.45) is 54.8. The lowest BCUT2D eigenvalue weighted by molar-refractivity contribution is -0.154. The molecule has 0 rings (SSSR count). The molecule has 0 saturated carbocycles. The lowest BCUT2D eigenvalue weighted by Gasteiger charge is -2.18. The third-order valence-electron chi connectivity index (χ3n) is 8.78. The van der Waals surface area contributed by atoms with E-state index < -0.39 is 26.5 Å². The summed E-state index contributed by atoms with van der Waals surface area (Å²) in [5.74, 6) is -0.444. The van der Waals surface area contributed by atoms with E-state index in [1.54, 1.807) is 0 Å². The van der Waals surface area contributed by atoms with E-state index in [1.807, 2.05) is 12.2 Å². The van der Waals surface area contributed by atoms with Crippen LogP contribution in [0.4, 0.5) is 0 Å². The molecule has 306 valence electrons. The van der Waals surface area contributed by atoms with Gasteiger partial charge in [0.1, 0.15) is 6.10 Å². The Bertz CT molecular complexity index is 1020. The Labute approximate surface area is 325 Å². The van der Waals surface area contributed by atoms with Crippen molar-refractivity contribution < 1.29 is 33.1 Å². The fraction of sp³-hybridized carbons (Fsp3) is 0.711. The smallest absolute Gasteiger partial charge is 0.457 e. The molecule has 0 aromatic carbocycles. The van der Waals surface area contributed by atoms with Gasteiger partial charge in [0.05, 0.1) is 13.2 Å². The second kappa shape index (κ2) is 41.1. The first-order chi connectivity index (χ1) is 25.9. The third kappa shape index (κ3) is 44.3. The van der Waals surface area contributed by atoms with Gasteiger partial charge in [-0.3, -0.25) is 9.32 Å². The van der Waals surface area contributed by atoms with Crippen LogP contribution in [0, 0.1) is 0 Å². The minimum atomic E-state index is -4.68. The molecular weight excluding hydrogens is 683 g/mol. The maximum atomic E-state index is 12.4. The van der Waals surface area contributed by atoms with Crippen LogP contribution in [0.25, 0.3) is 0 Å². The van der Waals surface area contributed by atoms with Crippen LogP contribution in [-0.2, 0) is 23.4 Å². The minimum Gasteiger partial charge on any atom is -0.457 e. The summed E-state index contributed by atoms with van der Waals surface area (Å²) >= 11 is 0. The van der Waals surface area contributed by atoms with Crippen molar-refractivity contribution in [1.29, 1.82) is 0 Å². The highest BCUT2D eigenvalue weighted by atomic mass is 31.2. The molecular formula is C45H79O7P. The van der Waals surface area contributed by atoms with Crippen LogP contribution in [0.3, 0.4) is 0 Å². The molecule has 0 aliphatic carbocycles. The molecule has 0 spiro atoms. The molecule has 0 aromatic rings. The Morgan fingerprint density at radius 3 is 1.30 bits per heavy atom. The SMILES string of the molecule is CC/C=C\C/C=C\C/C=C\C/C=C\C/C=C\C/C=C\CCC(=O)O[C@H](COCCCCCCCCCCCCCCCCCCCC)COP(=O)(O)O. The normalized spacial score (nSPS) is 13.4. The van der Waals surface area contributed by atoms with E-state index in [9.17, 15) is 9.36 Å². The van der Waals surface area contributed by atoms with Gasteiger partial charge in [0.15, 0.2) is 0 Å². The highest BCUT2D eigenvalue weighted by Gasteiger charge is 2.21. The molecule has 0 amide bonds. The molecule has 0 aliphatic rings. The van der Waals surface area contributed by atoms with Crippen molar-refractivity contribution in [2.24, 2.45) is 0 Å². The standard InChI is InChI=1S/C45H79O7P/c1-3-5-7-9-11-13-15-17-19-21-23-24-26-28-30-32-34-36-38-40-45(46)52-44(43-51-53(47,48)49)42-50-41-39-37-35-33-31-29-27-25-22-20-18-16-14-12-10-8-6-4-2/h5,7,11,13,17,19,23-24,28,30,34,36,44H,3-4,6,8-10,12,14-16,18,20-22,25-27,29,31-33,35,37-43H2,1-2H3,(H2,47,48,49)/b7-5-,13-11-,19-17-,24-23-,30-28-,36-34-/t44-/m1/s1. The molecule has 0 bridgehead atoms. The van der Waals surface area contributed by atoms with Gasteiger partial charge < -0.3 is 19.3 Å². The van der Waals surface area contributed by atoms with Gasteiger partial charge in [-0.2, -0.15) is 0 Å². The first kappa shape index (κ1) is 51.0. The fourth-order valence-corrected chi connectivity index (χ4v) is 6.06. The van der Waals surface area contributed by atoms with Crippen LogP contribution in [0.2, 0.25) is 0 Å². The molecule has 53 heavy (non-hydrogen) atoms. The van der Waals surface area contributed by atoms with Gasteiger partial charge in [0.25, 0.3) is 0 Å². The lowest BCUT2D eigenvalue weighted by Crippen LogP contribution is -2.28. The van der Waals surface area contributed by atoms with Crippen LogP contribution in [0.15, 0.2) is 72.9 Å². The molecule has 0 radical (unpaired) electrons. The van der Waals surface area contributed by atoms with Crippen molar-refractivity contribution in [3.63, 3.8) is 0 Å². The average Bonchev–Trinajstić information content (AvgIpc) is 3.13. The quantitative estimate of drug-likeness (QED) is 0.0278. The number of carbonyl (C=O) groups is 1. The van der Waals surface area contributed by atoms with Gasteiger partial charge in [-0.1, -0.05) is 196 Å². The number of carbonyl (C=O) groups excluding carboxylic acids is 1. The van der Waals surface area contributed by atoms with Crippen molar-refractivity contribution in [1.82, 2.24) is 0 Å². The second-order valence-electron chi connectivity index (χ2n) is 13.9. The number of unbranched alkanes of at least 4 members (excludes halogenated alkanes) is 17. The average molecular weight is 763 g/mol. The summed E-state index contributed by atoms with van der Waals surface area (Å²) in [5, 5.41) is 0. The van der Waals surface area contributed by atoms with Crippen molar-refractivity contribution in [2.45, 2.75) is 187 Å². The van der Waals surface area contributed by atoms with E-state index in [0.717, 1.165) is 51.4 Å². The largest absolute Gasteiger partial charge is 0.469 e. The minimum absolute atomic E-state index is 0.0462. The summed E-state index contributed by atoms with van der Waals surface area (Å²) in [6, 6.07) is 0. The van der Waals surface area contributed by atoms with Crippen molar-refractivity contribution >= 4 is 13.8 Å². The summed E-state index contributed by atoms with van der Waals surface area (Å²) in [6.45, 7) is 4.57. The number of ether oxygens (including phenoxy) is 2. The second-order valence-corrected chi connectivity index (χ2v) is 15.2. The Hall–Kier alpha value is -2.02. The third-order valence-corrected chi connectivity index (χ3v) is 9.27. The Morgan fingerprint density at radius 2 is 0.906 bits per heavy atom. The molecule has 8 heteroatoms. The van der Waals surface area contributed by atoms with Crippen LogP contribution in [0.1, 0.15) is 181 Å².